The van der Waals surface area contributed by atoms with Gasteiger partial charge in [-0.3, -0.25) is 4.79 Å². The summed E-state index contributed by atoms with van der Waals surface area (Å²) in [6, 6.07) is 9.83. The van der Waals surface area contributed by atoms with Gasteiger partial charge in [0.2, 0.25) is 5.91 Å². The van der Waals surface area contributed by atoms with Gasteiger partial charge in [-0.05, 0) is 17.7 Å². The van der Waals surface area contributed by atoms with Crippen LogP contribution in [0.15, 0.2) is 61.3 Å². The van der Waals surface area contributed by atoms with E-state index in [4.69, 9.17) is 0 Å². The summed E-state index contributed by atoms with van der Waals surface area (Å²) in [4.78, 5) is 20.8. The van der Waals surface area contributed by atoms with Crippen LogP contribution in [0.2, 0.25) is 0 Å². The van der Waals surface area contributed by atoms with Crippen LogP contribution in [0.3, 0.4) is 0 Å². The number of rotatable bonds is 4. The van der Waals surface area contributed by atoms with E-state index >= 15 is 0 Å². The number of aryl methyl sites for hydroxylation is 1. The Kier molecular flexibility index (Phi) is 3.74. The third kappa shape index (κ3) is 2.99. The zero-order valence-corrected chi connectivity index (χ0v) is 13.6. The largest absolute Gasteiger partial charge is 0.350 e. The van der Waals surface area contributed by atoms with Gasteiger partial charge in [0.15, 0.2) is 0 Å². The molecule has 0 spiro atoms. The van der Waals surface area contributed by atoms with Gasteiger partial charge in [-0.2, -0.15) is 5.10 Å². The average molecular weight is 332 g/mol. The Labute approximate surface area is 143 Å². The van der Waals surface area contributed by atoms with Crippen molar-refractivity contribution in [2.45, 2.75) is 6.42 Å². The molecule has 7 heteroatoms. The van der Waals surface area contributed by atoms with Crippen molar-refractivity contribution in [1.82, 2.24) is 24.3 Å². The molecule has 3 aromatic heterocycles. The normalized spacial score (nSPS) is 10.9. The van der Waals surface area contributed by atoms with Crippen LogP contribution in [0.1, 0.15) is 5.56 Å². The predicted octanol–water partition coefficient (Wildman–Crippen LogP) is 2.34. The minimum Gasteiger partial charge on any atom is -0.350 e. The number of anilines is 1. The highest BCUT2D eigenvalue weighted by molar-refractivity contribution is 5.95. The second-order valence-electron chi connectivity index (χ2n) is 5.73. The maximum Gasteiger partial charge on any atom is 0.250 e. The molecule has 0 radical (unpaired) electrons. The number of nitrogens with one attached hydrogen (secondary N) is 1. The molecule has 1 N–H and O–H groups in total. The second-order valence-corrected chi connectivity index (χ2v) is 5.73. The van der Waals surface area contributed by atoms with Gasteiger partial charge in [0.25, 0.3) is 5.95 Å². The fourth-order valence-electron chi connectivity index (χ4n) is 2.84. The second kappa shape index (κ2) is 6.20. The molecule has 0 aliphatic heterocycles. The van der Waals surface area contributed by atoms with E-state index in [9.17, 15) is 4.79 Å². The summed E-state index contributed by atoms with van der Waals surface area (Å²) in [5.41, 5.74) is 2.66. The molecule has 0 bridgehead atoms. The molecule has 124 valence electrons. The van der Waals surface area contributed by atoms with Crippen LogP contribution in [-0.4, -0.2) is 30.2 Å². The van der Waals surface area contributed by atoms with E-state index in [1.54, 1.807) is 35.5 Å². The number of hydrogen-bond donors (Lipinski definition) is 1. The molecule has 4 aromatic rings. The van der Waals surface area contributed by atoms with Gasteiger partial charge in [0, 0.05) is 36.5 Å². The quantitative estimate of drug-likeness (QED) is 0.622. The molecule has 4 rings (SSSR count). The van der Waals surface area contributed by atoms with Crippen molar-refractivity contribution in [2.24, 2.45) is 7.05 Å². The van der Waals surface area contributed by atoms with Gasteiger partial charge in [-0.15, -0.1) is 0 Å². The van der Waals surface area contributed by atoms with Crippen LogP contribution in [0.25, 0.3) is 16.9 Å². The minimum atomic E-state index is -0.105. The fraction of sp³-hybridized carbons (Fsp3) is 0.111. The Morgan fingerprint density at radius 3 is 2.72 bits per heavy atom. The lowest BCUT2D eigenvalue weighted by atomic mass is 10.1. The Morgan fingerprint density at radius 2 is 1.96 bits per heavy atom. The van der Waals surface area contributed by atoms with Crippen LogP contribution in [0.4, 0.5) is 5.69 Å². The highest BCUT2D eigenvalue weighted by Gasteiger charge is 2.11. The number of carbonyl (C=O) groups is 1. The summed E-state index contributed by atoms with van der Waals surface area (Å²) in [7, 11) is 1.98. The lowest BCUT2D eigenvalue weighted by molar-refractivity contribution is -0.115. The van der Waals surface area contributed by atoms with Crippen LogP contribution in [-0.2, 0) is 18.3 Å². The lowest BCUT2D eigenvalue weighted by Gasteiger charge is -2.05. The topological polar surface area (TPSA) is 77.6 Å². The molecule has 0 fully saturated rings. The first kappa shape index (κ1) is 15.1. The van der Waals surface area contributed by atoms with Gasteiger partial charge in [0.05, 0.1) is 24.5 Å². The molecule has 1 aromatic carbocycles. The maximum absolute atomic E-state index is 12.4. The number of fused-ring (bicyclic) bond motifs is 1. The Balaban J connectivity index is 1.48. The fourth-order valence-corrected chi connectivity index (χ4v) is 2.84. The van der Waals surface area contributed by atoms with E-state index in [-0.39, 0.29) is 5.91 Å². The number of aromatic nitrogens is 5. The smallest absolute Gasteiger partial charge is 0.250 e. The van der Waals surface area contributed by atoms with Gasteiger partial charge in [-0.25, -0.2) is 14.6 Å². The molecule has 0 aliphatic rings. The summed E-state index contributed by atoms with van der Waals surface area (Å²) in [5, 5.41) is 7.99. The van der Waals surface area contributed by atoms with Crippen molar-refractivity contribution in [3.63, 3.8) is 0 Å². The Bertz CT molecular complexity index is 1020. The molecule has 1 amide bonds. The predicted molar refractivity (Wildman–Crippen MR) is 94.4 cm³/mol. The Morgan fingerprint density at radius 1 is 1.16 bits per heavy atom. The van der Waals surface area contributed by atoms with Crippen molar-refractivity contribution >= 4 is 22.5 Å². The van der Waals surface area contributed by atoms with E-state index in [1.807, 2.05) is 42.1 Å². The first-order chi connectivity index (χ1) is 12.2. The number of carbonyl (C=O) groups excluding carboxylic acids is 1. The Hall–Kier alpha value is -3.48. The van der Waals surface area contributed by atoms with Gasteiger partial charge < -0.3 is 9.88 Å². The third-order valence-corrected chi connectivity index (χ3v) is 3.96. The maximum atomic E-state index is 12.4. The number of para-hydroxylation sites is 1. The van der Waals surface area contributed by atoms with E-state index in [0.717, 1.165) is 16.5 Å². The molecule has 25 heavy (non-hydrogen) atoms. The zero-order valence-electron chi connectivity index (χ0n) is 13.6. The minimum absolute atomic E-state index is 0.105. The number of nitrogens with zero attached hydrogens (tertiary/aromatic N) is 5. The van der Waals surface area contributed by atoms with Crippen molar-refractivity contribution in [1.29, 1.82) is 0 Å². The summed E-state index contributed by atoms with van der Waals surface area (Å²) < 4.78 is 3.58. The summed E-state index contributed by atoms with van der Waals surface area (Å²) in [5.74, 6) is 0.351. The molecule has 0 saturated heterocycles. The highest BCUT2D eigenvalue weighted by Crippen LogP contribution is 2.21. The van der Waals surface area contributed by atoms with Crippen molar-refractivity contribution < 1.29 is 4.79 Å². The first-order valence-electron chi connectivity index (χ1n) is 7.85. The highest BCUT2D eigenvalue weighted by atomic mass is 16.1. The summed E-state index contributed by atoms with van der Waals surface area (Å²) in [6.45, 7) is 0. The molecule has 0 aliphatic carbocycles. The van der Waals surface area contributed by atoms with Gasteiger partial charge >= 0.3 is 0 Å². The van der Waals surface area contributed by atoms with Gasteiger partial charge in [-0.1, -0.05) is 18.2 Å². The number of hydrogen-bond acceptors (Lipinski definition) is 4. The zero-order chi connectivity index (χ0) is 17.2. The third-order valence-electron chi connectivity index (χ3n) is 3.96. The summed E-state index contributed by atoms with van der Waals surface area (Å²) >= 11 is 0. The molecule has 0 unspecified atom stereocenters. The first-order valence-corrected chi connectivity index (χ1v) is 7.85. The molecule has 7 nitrogen and oxygen atoms in total. The van der Waals surface area contributed by atoms with Crippen molar-refractivity contribution in [3.05, 3.63) is 66.9 Å². The van der Waals surface area contributed by atoms with Crippen LogP contribution < -0.4 is 5.32 Å². The lowest BCUT2D eigenvalue weighted by Crippen LogP contribution is -2.15. The van der Waals surface area contributed by atoms with E-state index < -0.39 is 0 Å². The molecular weight excluding hydrogens is 316 g/mol. The number of amides is 1. The molecular formula is C18H16N6O. The standard InChI is InChI=1S/C18H16N6O/c1-23-12-13(15-5-2-3-6-16(15)23)9-17(25)22-14-10-19-18(20-11-14)24-8-4-7-21-24/h2-8,10-12H,9H2,1H3,(H,22,25). The molecule has 0 atom stereocenters. The molecule has 3 heterocycles. The van der Waals surface area contributed by atoms with Crippen LogP contribution >= 0.6 is 0 Å². The van der Waals surface area contributed by atoms with E-state index in [0.29, 0.717) is 18.1 Å². The monoisotopic (exact) mass is 332 g/mol. The van der Waals surface area contributed by atoms with Crippen LogP contribution in [0.5, 0.6) is 0 Å². The van der Waals surface area contributed by atoms with Gasteiger partial charge in [0.1, 0.15) is 0 Å². The van der Waals surface area contributed by atoms with E-state index in [2.05, 4.69) is 20.4 Å². The van der Waals surface area contributed by atoms with Crippen molar-refractivity contribution in [3.8, 4) is 5.95 Å². The average Bonchev–Trinajstić information content (AvgIpc) is 3.25. The number of benzene rings is 1. The SMILES string of the molecule is Cn1cc(CC(=O)Nc2cnc(-n3cccn3)nc2)c2ccccc21. The van der Waals surface area contributed by atoms with Crippen molar-refractivity contribution in [2.75, 3.05) is 5.32 Å². The molecule has 0 saturated carbocycles. The van der Waals surface area contributed by atoms with Crippen LogP contribution in [0, 0.1) is 0 Å². The van der Waals surface area contributed by atoms with E-state index in [1.165, 1.54) is 0 Å². The summed E-state index contributed by atoms with van der Waals surface area (Å²) in [6.07, 6.45) is 8.84.